The number of nitrogens with two attached hydrogens (primary N) is 2. The van der Waals surface area contributed by atoms with E-state index in [1.807, 2.05) is 0 Å². The molecule has 1 saturated heterocycles. The SMILES string of the molecule is C#CCOc1cc(N)c(C=NC)cc1NC(=O)c1cnc(N2CCCC2)cn1.CN. The molecular formula is C21H27N7O2. The van der Waals surface area contributed by atoms with E-state index in [2.05, 4.69) is 36.8 Å². The molecule has 158 valence electrons. The second-order valence-corrected chi connectivity index (χ2v) is 6.27. The first-order valence-electron chi connectivity index (χ1n) is 9.50. The largest absolute Gasteiger partial charge is 0.479 e. The van der Waals surface area contributed by atoms with E-state index in [0.29, 0.717) is 22.7 Å². The van der Waals surface area contributed by atoms with Gasteiger partial charge in [0, 0.05) is 43.7 Å². The zero-order chi connectivity index (χ0) is 21.9. The number of benzene rings is 1. The van der Waals surface area contributed by atoms with E-state index in [0.717, 1.165) is 31.7 Å². The van der Waals surface area contributed by atoms with Gasteiger partial charge in [-0.3, -0.25) is 9.79 Å². The number of nitrogens with one attached hydrogen (secondary N) is 1. The molecule has 9 heteroatoms. The molecule has 0 atom stereocenters. The van der Waals surface area contributed by atoms with Crippen LogP contribution in [0.25, 0.3) is 0 Å². The molecule has 3 rings (SSSR count). The summed E-state index contributed by atoms with van der Waals surface area (Å²) in [7, 11) is 3.14. The topological polar surface area (TPSA) is 132 Å². The maximum absolute atomic E-state index is 12.6. The summed E-state index contributed by atoms with van der Waals surface area (Å²) in [6.45, 7) is 1.97. The average Bonchev–Trinajstić information content (AvgIpc) is 3.31. The molecule has 0 bridgehead atoms. The summed E-state index contributed by atoms with van der Waals surface area (Å²) < 4.78 is 5.51. The molecule has 5 N–H and O–H groups in total. The number of carbonyl (C=O) groups excluding carboxylic acids is 1. The third kappa shape index (κ3) is 5.68. The number of anilines is 3. The fourth-order valence-corrected chi connectivity index (χ4v) is 2.93. The second kappa shape index (κ2) is 11.4. The van der Waals surface area contributed by atoms with E-state index in [1.165, 1.54) is 13.2 Å². The number of amides is 1. The highest BCUT2D eigenvalue weighted by Gasteiger charge is 2.17. The second-order valence-electron chi connectivity index (χ2n) is 6.27. The Morgan fingerprint density at radius 1 is 1.33 bits per heavy atom. The van der Waals surface area contributed by atoms with Gasteiger partial charge in [0.15, 0.2) is 0 Å². The van der Waals surface area contributed by atoms with Crippen LogP contribution in [0, 0.1) is 12.3 Å². The lowest BCUT2D eigenvalue weighted by atomic mass is 10.1. The third-order valence-corrected chi connectivity index (χ3v) is 4.31. The number of nitrogens with zero attached hydrogens (tertiary/aromatic N) is 4. The van der Waals surface area contributed by atoms with Crippen LogP contribution in [-0.2, 0) is 0 Å². The highest BCUT2D eigenvalue weighted by atomic mass is 16.5. The van der Waals surface area contributed by atoms with Crippen LogP contribution >= 0.6 is 0 Å². The van der Waals surface area contributed by atoms with E-state index >= 15 is 0 Å². The predicted octanol–water partition coefficient (Wildman–Crippen LogP) is 1.55. The average molecular weight is 409 g/mol. The van der Waals surface area contributed by atoms with Crippen molar-refractivity contribution in [3.05, 3.63) is 35.8 Å². The number of ether oxygens (including phenoxy) is 1. The summed E-state index contributed by atoms with van der Waals surface area (Å²) >= 11 is 0. The fraction of sp³-hybridized carbons (Fsp3) is 0.333. The number of hydrogen-bond acceptors (Lipinski definition) is 8. The first kappa shape index (κ1) is 22.6. The molecule has 1 aliphatic rings. The molecule has 30 heavy (non-hydrogen) atoms. The van der Waals surface area contributed by atoms with Gasteiger partial charge in [0.2, 0.25) is 0 Å². The summed E-state index contributed by atoms with van der Waals surface area (Å²) in [5.74, 6) is 3.14. The van der Waals surface area contributed by atoms with Crippen LogP contribution in [0.1, 0.15) is 28.9 Å². The molecule has 2 aromatic rings. The maximum atomic E-state index is 12.6. The molecular weight excluding hydrogens is 382 g/mol. The standard InChI is InChI=1S/C20H22N6O2.CH5N/c1-3-8-28-18-10-15(21)14(11-22-2)9-16(18)25-20(27)17-12-24-19(13-23-17)26-6-4-5-7-26;1-2/h1,9-13H,4-8,21H2,2H3,(H,25,27);2H2,1H3. The molecule has 0 aliphatic carbocycles. The molecule has 0 saturated carbocycles. The van der Waals surface area contributed by atoms with E-state index < -0.39 is 5.91 Å². The number of terminal acetylenes is 1. The van der Waals surface area contributed by atoms with E-state index in [1.54, 1.807) is 31.6 Å². The summed E-state index contributed by atoms with van der Waals surface area (Å²) in [5.41, 5.74) is 12.2. The Morgan fingerprint density at radius 2 is 2.07 bits per heavy atom. The van der Waals surface area contributed by atoms with Gasteiger partial charge in [0.25, 0.3) is 5.91 Å². The van der Waals surface area contributed by atoms with Crippen LogP contribution in [0.2, 0.25) is 0 Å². The molecule has 0 spiro atoms. The van der Waals surface area contributed by atoms with Crippen molar-refractivity contribution in [2.24, 2.45) is 10.7 Å². The van der Waals surface area contributed by atoms with Crippen LogP contribution < -0.4 is 26.4 Å². The fourth-order valence-electron chi connectivity index (χ4n) is 2.93. The highest BCUT2D eigenvalue weighted by molar-refractivity contribution is 6.04. The molecule has 9 nitrogen and oxygen atoms in total. The van der Waals surface area contributed by atoms with Crippen molar-refractivity contribution in [1.82, 2.24) is 9.97 Å². The Labute approximate surface area is 176 Å². The lowest BCUT2D eigenvalue weighted by molar-refractivity contribution is 0.102. The molecule has 2 heterocycles. The predicted molar refractivity (Wildman–Crippen MR) is 120 cm³/mol. The molecule has 1 amide bonds. The smallest absolute Gasteiger partial charge is 0.275 e. The molecule has 1 aromatic carbocycles. The van der Waals surface area contributed by atoms with Gasteiger partial charge in [-0.2, -0.15) is 0 Å². The Hall–Kier alpha value is -3.64. The van der Waals surface area contributed by atoms with Gasteiger partial charge in [0.1, 0.15) is 23.9 Å². The van der Waals surface area contributed by atoms with E-state index in [9.17, 15) is 4.79 Å². The van der Waals surface area contributed by atoms with Gasteiger partial charge < -0.3 is 26.4 Å². The van der Waals surface area contributed by atoms with Crippen molar-refractivity contribution >= 4 is 29.3 Å². The van der Waals surface area contributed by atoms with Crippen molar-refractivity contribution in [3.8, 4) is 18.1 Å². The van der Waals surface area contributed by atoms with Crippen molar-refractivity contribution < 1.29 is 9.53 Å². The molecule has 1 aliphatic heterocycles. The lowest BCUT2D eigenvalue weighted by Crippen LogP contribution is -2.20. The zero-order valence-corrected chi connectivity index (χ0v) is 17.3. The summed E-state index contributed by atoms with van der Waals surface area (Å²) in [6.07, 6.45) is 12.2. The van der Waals surface area contributed by atoms with Crippen LogP contribution in [0.5, 0.6) is 5.75 Å². The van der Waals surface area contributed by atoms with Crippen molar-refractivity contribution in [3.63, 3.8) is 0 Å². The monoisotopic (exact) mass is 409 g/mol. The van der Waals surface area contributed by atoms with Crippen LogP contribution in [0.3, 0.4) is 0 Å². The zero-order valence-electron chi connectivity index (χ0n) is 17.3. The van der Waals surface area contributed by atoms with Gasteiger partial charge in [-0.15, -0.1) is 6.42 Å². The highest BCUT2D eigenvalue weighted by Crippen LogP contribution is 2.30. The Bertz CT molecular complexity index is 914. The van der Waals surface area contributed by atoms with Crippen molar-refractivity contribution in [2.45, 2.75) is 12.8 Å². The van der Waals surface area contributed by atoms with Gasteiger partial charge >= 0.3 is 0 Å². The van der Waals surface area contributed by atoms with Crippen molar-refractivity contribution in [1.29, 1.82) is 0 Å². The lowest BCUT2D eigenvalue weighted by Gasteiger charge is -2.16. The molecule has 1 fully saturated rings. The first-order chi connectivity index (χ1) is 14.6. The normalized spacial score (nSPS) is 12.8. The Kier molecular flexibility index (Phi) is 8.59. The number of nitrogen functional groups attached to an aromatic ring is 1. The quantitative estimate of drug-likeness (QED) is 0.375. The Balaban J connectivity index is 0.00000155. The van der Waals surface area contributed by atoms with Crippen molar-refractivity contribution in [2.75, 3.05) is 49.7 Å². The number of aromatic nitrogens is 2. The molecule has 0 unspecified atom stereocenters. The van der Waals surface area contributed by atoms with E-state index in [4.69, 9.17) is 16.9 Å². The first-order valence-corrected chi connectivity index (χ1v) is 9.50. The van der Waals surface area contributed by atoms with Gasteiger partial charge in [-0.1, -0.05) is 5.92 Å². The van der Waals surface area contributed by atoms with Gasteiger partial charge in [0.05, 0.1) is 18.1 Å². The number of rotatable bonds is 6. The molecule has 0 radical (unpaired) electrons. The summed E-state index contributed by atoms with van der Waals surface area (Å²) in [5, 5.41) is 2.78. The Morgan fingerprint density at radius 3 is 2.67 bits per heavy atom. The van der Waals surface area contributed by atoms with E-state index in [-0.39, 0.29) is 12.3 Å². The summed E-state index contributed by atoms with van der Waals surface area (Å²) in [6, 6.07) is 3.28. The number of hydrogen-bond donors (Lipinski definition) is 3. The number of aliphatic imine (C=N–C) groups is 1. The van der Waals surface area contributed by atoms with Gasteiger partial charge in [-0.05, 0) is 26.0 Å². The summed E-state index contributed by atoms with van der Waals surface area (Å²) in [4.78, 5) is 27.4. The minimum Gasteiger partial charge on any atom is -0.479 e. The maximum Gasteiger partial charge on any atom is 0.275 e. The third-order valence-electron chi connectivity index (χ3n) is 4.31. The molecule has 1 aromatic heterocycles. The van der Waals surface area contributed by atoms with Crippen LogP contribution in [-0.4, -0.2) is 55.9 Å². The van der Waals surface area contributed by atoms with Crippen LogP contribution in [0.15, 0.2) is 29.5 Å². The van der Waals surface area contributed by atoms with Crippen LogP contribution in [0.4, 0.5) is 17.2 Å². The number of carbonyl (C=O) groups is 1. The minimum atomic E-state index is -0.407. The van der Waals surface area contributed by atoms with Gasteiger partial charge in [-0.25, -0.2) is 9.97 Å². The minimum absolute atomic E-state index is 0.0495.